The summed E-state index contributed by atoms with van der Waals surface area (Å²) in [7, 11) is 1.45. The van der Waals surface area contributed by atoms with E-state index in [4.69, 9.17) is 33.2 Å². The van der Waals surface area contributed by atoms with Crippen LogP contribution in [0.1, 0.15) is 25.0 Å². The molecule has 15 atom stereocenters. The molecule has 0 radical (unpaired) electrons. The van der Waals surface area contributed by atoms with Crippen molar-refractivity contribution in [3.05, 3.63) is 53.6 Å². The van der Waals surface area contributed by atoms with Gasteiger partial charge in [-0.05, 0) is 49.2 Å². The lowest BCUT2D eigenvalue weighted by atomic mass is 9.97. The van der Waals surface area contributed by atoms with Crippen LogP contribution in [0.2, 0.25) is 0 Å². The number of methoxy groups -OCH3 is 1. The van der Waals surface area contributed by atoms with Gasteiger partial charge >= 0.3 is 0 Å². The first kappa shape index (κ1) is 37.3. The SMILES string of the molecule is COc1cc(/C=C/c2ccc(O)cc2)cc(O[C@@H]2O[C@H](CO[C@@H]3O[C@@H](C)[C@H](O)[C@@H](O)[C@H]3O)[C@@H](O)[C@H](O)[C@H]2O[C@H]2O[C@@H](C)[C@H](O)[C@@H](O)[C@H]2O)c1. The molecule has 272 valence electrons. The van der Waals surface area contributed by atoms with Crippen molar-refractivity contribution in [2.45, 2.75) is 106 Å². The Labute approximate surface area is 281 Å². The van der Waals surface area contributed by atoms with Gasteiger partial charge in [-0.3, -0.25) is 0 Å². The third kappa shape index (κ3) is 8.51. The molecular weight excluding hydrogens is 652 g/mol. The maximum absolute atomic E-state index is 11.3. The first-order chi connectivity index (χ1) is 23.3. The van der Waals surface area contributed by atoms with E-state index in [0.29, 0.717) is 11.3 Å². The molecular formula is C33H44O16. The zero-order valence-corrected chi connectivity index (χ0v) is 26.9. The normalized spacial score (nSPS) is 39.9. The molecule has 5 rings (SSSR count). The fraction of sp³-hybridized carbons (Fsp3) is 0.576. The number of ether oxygens (including phenoxy) is 7. The van der Waals surface area contributed by atoms with Crippen molar-refractivity contribution in [3.8, 4) is 17.2 Å². The number of benzene rings is 2. The van der Waals surface area contributed by atoms with E-state index in [1.807, 2.05) is 0 Å². The van der Waals surface area contributed by atoms with Gasteiger partial charge in [0.2, 0.25) is 6.29 Å². The smallest absolute Gasteiger partial charge is 0.229 e. The highest BCUT2D eigenvalue weighted by Crippen LogP contribution is 2.33. The standard InChI is InChI=1S/C33H44O16/c1-14-22(35)25(38)28(41)31(45-14)44-13-21-24(37)27(40)30(49-32-29(42)26(39)23(36)15(2)46-32)33(48-21)47-20-11-17(10-19(12-20)43-3)5-4-16-6-8-18(34)9-7-16/h4-12,14-15,21-42H,13H2,1-3H3/b5-4+/t14-,15-,21+,22-,23-,24+,25+,26+,27-,28+,29+,30+,31+,32+,33+/m0/s1. The maximum atomic E-state index is 11.3. The molecule has 16 heteroatoms. The van der Waals surface area contributed by atoms with Crippen LogP contribution in [0.5, 0.6) is 17.2 Å². The fourth-order valence-corrected chi connectivity index (χ4v) is 5.69. The van der Waals surface area contributed by atoms with Crippen LogP contribution in [0.15, 0.2) is 42.5 Å². The molecule has 9 N–H and O–H groups in total. The second-order valence-electron chi connectivity index (χ2n) is 12.3. The average Bonchev–Trinajstić information content (AvgIpc) is 3.09. The number of phenols is 1. The summed E-state index contributed by atoms with van der Waals surface area (Å²) in [6.07, 6.45) is -18.7. The zero-order valence-electron chi connectivity index (χ0n) is 26.9. The molecule has 16 nitrogen and oxygen atoms in total. The van der Waals surface area contributed by atoms with E-state index in [-0.39, 0.29) is 11.5 Å². The van der Waals surface area contributed by atoms with Crippen molar-refractivity contribution >= 4 is 12.2 Å². The molecule has 3 fully saturated rings. The molecule has 0 unspecified atom stereocenters. The summed E-state index contributed by atoms with van der Waals surface area (Å²) in [4.78, 5) is 0. The summed E-state index contributed by atoms with van der Waals surface area (Å²) >= 11 is 0. The van der Waals surface area contributed by atoms with Crippen LogP contribution in [-0.4, -0.2) is 152 Å². The lowest BCUT2D eigenvalue weighted by molar-refractivity contribution is -0.360. The molecule has 0 amide bonds. The highest BCUT2D eigenvalue weighted by Gasteiger charge is 2.52. The third-order valence-electron chi connectivity index (χ3n) is 8.73. The van der Waals surface area contributed by atoms with Gasteiger partial charge in [0.1, 0.15) is 72.2 Å². The van der Waals surface area contributed by atoms with Gasteiger partial charge in [0.15, 0.2) is 18.7 Å². The van der Waals surface area contributed by atoms with Crippen LogP contribution in [0.3, 0.4) is 0 Å². The van der Waals surface area contributed by atoms with E-state index in [9.17, 15) is 46.0 Å². The third-order valence-corrected chi connectivity index (χ3v) is 8.73. The molecule has 0 saturated carbocycles. The Morgan fingerprint density at radius 1 is 0.612 bits per heavy atom. The Balaban J connectivity index is 1.39. The number of aliphatic hydroxyl groups is 8. The molecule has 0 aromatic heterocycles. The van der Waals surface area contributed by atoms with Crippen molar-refractivity contribution in [2.24, 2.45) is 0 Å². The van der Waals surface area contributed by atoms with Crippen LogP contribution in [0.25, 0.3) is 12.2 Å². The predicted octanol–water partition coefficient (Wildman–Crippen LogP) is -1.55. The van der Waals surface area contributed by atoms with E-state index in [1.54, 1.807) is 48.6 Å². The Morgan fingerprint density at radius 2 is 1.18 bits per heavy atom. The summed E-state index contributed by atoms with van der Waals surface area (Å²) in [5, 5.41) is 93.5. The fourth-order valence-electron chi connectivity index (χ4n) is 5.69. The summed E-state index contributed by atoms with van der Waals surface area (Å²) in [5.74, 6) is 0.665. The molecule has 3 aliphatic rings. The van der Waals surface area contributed by atoms with Crippen LogP contribution in [-0.2, 0) is 23.7 Å². The van der Waals surface area contributed by atoms with Crippen molar-refractivity contribution in [1.29, 1.82) is 0 Å². The number of phenolic OH excluding ortho intramolecular Hbond substituents is 1. The van der Waals surface area contributed by atoms with Gasteiger partial charge in [0, 0.05) is 6.07 Å². The van der Waals surface area contributed by atoms with Crippen molar-refractivity contribution in [2.75, 3.05) is 13.7 Å². The largest absolute Gasteiger partial charge is 0.508 e. The minimum atomic E-state index is -1.77. The zero-order chi connectivity index (χ0) is 35.6. The quantitative estimate of drug-likeness (QED) is 0.128. The van der Waals surface area contributed by atoms with E-state index < -0.39 is 98.7 Å². The van der Waals surface area contributed by atoms with Gasteiger partial charge in [-0.2, -0.15) is 0 Å². The average molecular weight is 697 g/mol. The minimum Gasteiger partial charge on any atom is -0.508 e. The van der Waals surface area contributed by atoms with Crippen LogP contribution < -0.4 is 9.47 Å². The van der Waals surface area contributed by atoms with Gasteiger partial charge < -0.3 is 79.1 Å². The molecule has 3 aliphatic heterocycles. The lowest BCUT2D eigenvalue weighted by Crippen LogP contribution is -2.65. The van der Waals surface area contributed by atoms with Crippen LogP contribution in [0.4, 0.5) is 0 Å². The summed E-state index contributed by atoms with van der Waals surface area (Å²) < 4.78 is 40.1. The van der Waals surface area contributed by atoms with Crippen LogP contribution >= 0.6 is 0 Å². The van der Waals surface area contributed by atoms with E-state index >= 15 is 0 Å². The maximum Gasteiger partial charge on any atom is 0.229 e. The monoisotopic (exact) mass is 696 g/mol. The number of aliphatic hydroxyl groups excluding tert-OH is 8. The van der Waals surface area contributed by atoms with Crippen molar-refractivity contribution in [1.82, 2.24) is 0 Å². The Kier molecular flexibility index (Phi) is 12.1. The Bertz CT molecular complexity index is 1390. The molecule has 3 saturated heterocycles. The molecule has 0 aliphatic carbocycles. The van der Waals surface area contributed by atoms with Gasteiger partial charge in [-0.15, -0.1) is 0 Å². The molecule has 2 aromatic rings. The summed E-state index contributed by atoms with van der Waals surface area (Å²) in [6, 6.07) is 11.4. The van der Waals surface area contributed by atoms with E-state index in [0.717, 1.165) is 5.56 Å². The Hall–Kier alpha value is -2.94. The Morgan fingerprint density at radius 3 is 1.82 bits per heavy atom. The molecule has 2 aromatic carbocycles. The second kappa shape index (κ2) is 15.9. The number of aromatic hydroxyl groups is 1. The molecule has 49 heavy (non-hydrogen) atoms. The van der Waals surface area contributed by atoms with E-state index in [2.05, 4.69) is 0 Å². The molecule has 0 spiro atoms. The van der Waals surface area contributed by atoms with Gasteiger partial charge in [-0.1, -0.05) is 24.3 Å². The highest BCUT2D eigenvalue weighted by molar-refractivity contribution is 5.71. The van der Waals surface area contributed by atoms with E-state index in [1.165, 1.54) is 27.0 Å². The van der Waals surface area contributed by atoms with Crippen molar-refractivity contribution < 1.29 is 79.1 Å². The number of rotatable bonds is 10. The number of hydrogen-bond donors (Lipinski definition) is 9. The summed E-state index contributed by atoms with van der Waals surface area (Å²) in [6.45, 7) is 2.42. The van der Waals surface area contributed by atoms with Crippen molar-refractivity contribution in [3.63, 3.8) is 0 Å². The highest BCUT2D eigenvalue weighted by atomic mass is 16.8. The summed E-state index contributed by atoms with van der Waals surface area (Å²) in [5.41, 5.74) is 1.41. The van der Waals surface area contributed by atoms with Gasteiger partial charge in [-0.25, -0.2) is 0 Å². The lowest BCUT2D eigenvalue weighted by Gasteiger charge is -2.46. The molecule has 0 bridgehead atoms. The number of hydrogen-bond acceptors (Lipinski definition) is 16. The minimum absolute atomic E-state index is 0.120. The van der Waals surface area contributed by atoms with Gasteiger partial charge in [0.05, 0.1) is 25.9 Å². The molecule has 3 heterocycles. The first-order valence-electron chi connectivity index (χ1n) is 15.8. The van der Waals surface area contributed by atoms with Gasteiger partial charge in [0.25, 0.3) is 0 Å². The second-order valence-corrected chi connectivity index (χ2v) is 12.3. The van der Waals surface area contributed by atoms with Crippen LogP contribution in [0, 0.1) is 0 Å². The first-order valence-corrected chi connectivity index (χ1v) is 15.8. The topological polar surface area (TPSA) is 247 Å². The predicted molar refractivity (Wildman–Crippen MR) is 167 cm³/mol.